The van der Waals surface area contributed by atoms with Crippen molar-refractivity contribution in [1.82, 2.24) is 5.01 Å². The number of rotatable bonds is 5. The van der Waals surface area contributed by atoms with Gasteiger partial charge >= 0.3 is 5.97 Å². The summed E-state index contributed by atoms with van der Waals surface area (Å²) < 4.78 is 10.2. The molecule has 0 saturated carbocycles. The van der Waals surface area contributed by atoms with Crippen LogP contribution in [0, 0.1) is 0 Å². The number of ether oxygens (including phenoxy) is 2. The quantitative estimate of drug-likeness (QED) is 0.786. The molecule has 2 aromatic rings. The van der Waals surface area contributed by atoms with Crippen molar-refractivity contribution in [2.45, 2.75) is 6.42 Å². The van der Waals surface area contributed by atoms with Gasteiger partial charge < -0.3 is 9.47 Å². The number of carbonyl (C=O) groups is 2. The Labute approximate surface area is 145 Å². The Kier molecular flexibility index (Phi) is 5.09. The van der Waals surface area contributed by atoms with Gasteiger partial charge in [-0.3, -0.25) is 4.79 Å². The van der Waals surface area contributed by atoms with Gasteiger partial charge in [-0.15, -0.1) is 0 Å². The number of methoxy groups -OCH3 is 1. The van der Waals surface area contributed by atoms with Crippen LogP contribution >= 0.6 is 0 Å². The van der Waals surface area contributed by atoms with Crippen molar-refractivity contribution < 1.29 is 19.1 Å². The average molecular weight is 338 g/mol. The fourth-order valence-electron chi connectivity index (χ4n) is 2.56. The maximum Gasteiger partial charge on any atom is 0.342 e. The largest absolute Gasteiger partial charge is 0.496 e. The van der Waals surface area contributed by atoms with Crippen LogP contribution in [0.3, 0.4) is 0 Å². The molecule has 0 aromatic heterocycles. The monoisotopic (exact) mass is 338 g/mol. The van der Waals surface area contributed by atoms with E-state index in [4.69, 9.17) is 9.47 Å². The van der Waals surface area contributed by atoms with Crippen LogP contribution in [0.2, 0.25) is 0 Å². The summed E-state index contributed by atoms with van der Waals surface area (Å²) in [5, 5.41) is 5.67. The SMILES string of the molecule is COc1ccccc1C(=O)OCC(=O)N1CCC(c2ccccc2)=N1. The molecule has 1 amide bonds. The Hall–Kier alpha value is -3.15. The highest BCUT2D eigenvalue weighted by atomic mass is 16.5. The lowest BCUT2D eigenvalue weighted by Gasteiger charge is -2.12. The molecule has 1 aliphatic heterocycles. The highest BCUT2D eigenvalue weighted by Crippen LogP contribution is 2.18. The van der Waals surface area contributed by atoms with Crippen LogP contribution in [0.1, 0.15) is 22.3 Å². The fraction of sp³-hybridized carbons (Fsp3) is 0.211. The van der Waals surface area contributed by atoms with Crippen molar-refractivity contribution in [1.29, 1.82) is 0 Å². The van der Waals surface area contributed by atoms with Gasteiger partial charge in [0.1, 0.15) is 11.3 Å². The second-order valence-corrected chi connectivity index (χ2v) is 5.46. The number of esters is 1. The highest BCUT2D eigenvalue weighted by Gasteiger charge is 2.23. The summed E-state index contributed by atoms with van der Waals surface area (Å²) in [6, 6.07) is 16.4. The fourth-order valence-corrected chi connectivity index (χ4v) is 2.56. The third kappa shape index (κ3) is 3.85. The smallest absolute Gasteiger partial charge is 0.342 e. The minimum Gasteiger partial charge on any atom is -0.496 e. The highest BCUT2D eigenvalue weighted by molar-refractivity contribution is 6.02. The predicted octanol–water partition coefficient (Wildman–Crippen LogP) is 2.49. The number of hydrogen-bond acceptors (Lipinski definition) is 5. The lowest BCUT2D eigenvalue weighted by atomic mass is 10.1. The summed E-state index contributed by atoms with van der Waals surface area (Å²) in [6.07, 6.45) is 0.677. The molecule has 0 N–H and O–H groups in total. The molecular weight excluding hydrogens is 320 g/mol. The minimum absolute atomic E-state index is 0.285. The molecule has 6 heteroatoms. The zero-order chi connectivity index (χ0) is 17.6. The van der Waals surface area contributed by atoms with Crippen LogP contribution in [0.15, 0.2) is 59.7 Å². The van der Waals surface area contributed by atoms with E-state index in [0.717, 1.165) is 11.3 Å². The van der Waals surface area contributed by atoms with E-state index in [1.54, 1.807) is 24.3 Å². The van der Waals surface area contributed by atoms with Crippen molar-refractivity contribution in [2.75, 3.05) is 20.3 Å². The number of hydrazone groups is 1. The van der Waals surface area contributed by atoms with Crippen molar-refractivity contribution in [3.05, 3.63) is 65.7 Å². The number of nitrogens with zero attached hydrogens (tertiary/aromatic N) is 2. The molecule has 0 aliphatic carbocycles. The summed E-state index contributed by atoms with van der Waals surface area (Å²) >= 11 is 0. The number of para-hydroxylation sites is 1. The first kappa shape index (κ1) is 16.7. The molecule has 0 fully saturated rings. The van der Waals surface area contributed by atoms with Crippen molar-refractivity contribution >= 4 is 17.6 Å². The third-order valence-corrected chi connectivity index (χ3v) is 3.85. The molecule has 1 heterocycles. The minimum atomic E-state index is -0.600. The molecule has 6 nitrogen and oxygen atoms in total. The zero-order valence-electron chi connectivity index (χ0n) is 13.8. The van der Waals surface area contributed by atoms with E-state index < -0.39 is 5.97 Å². The van der Waals surface area contributed by atoms with Crippen LogP contribution in [-0.4, -0.2) is 42.9 Å². The van der Waals surface area contributed by atoms with Gasteiger partial charge in [-0.1, -0.05) is 42.5 Å². The predicted molar refractivity (Wildman–Crippen MR) is 92.6 cm³/mol. The first-order valence-corrected chi connectivity index (χ1v) is 7.92. The maximum absolute atomic E-state index is 12.2. The van der Waals surface area contributed by atoms with Crippen LogP contribution in [0.25, 0.3) is 0 Å². The number of benzene rings is 2. The van der Waals surface area contributed by atoms with Gasteiger partial charge in [0.2, 0.25) is 0 Å². The molecule has 0 bridgehead atoms. The summed E-state index contributed by atoms with van der Waals surface area (Å²) in [5.41, 5.74) is 2.13. The second kappa shape index (κ2) is 7.61. The van der Waals surface area contributed by atoms with Gasteiger partial charge in [0.15, 0.2) is 6.61 Å². The van der Waals surface area contributed by atoms with Crippen molar-refractivity contribution in [2.24, 2.45) is 5.10 Å². The normalized spacial score (nSPS) is 13.3. The van der Waals surface area contributed by atoms with Crippen LogP contribution in [0.4, 0.5) is 0 Å². The van der Waals surface area contributed by atoms with Crippen LogP contribution in [0.5, 0.6) is 5.75 Å². The van der Waals surface area contributed by atoms with Gasteiger partial charge in [-0.05, 0) is 17.7 Å². The molecule has 0 unspecified atom stereocenters. The lowest BCUT2D eigenvalue weighted by Crippen LogP contribution is -2.28. The average Bonchev–Trinajstić information content (AvgIpc) is 3.17. The summed E-state index contributed by atoms with van der Waals surface area (Å²) in [4.78, 5) is 24.3. The Morgan fingerprint density at radius 2 is 1.80 bits per heavy atom. The lowest BCUT2D eigenvalue weighted by molar-refractivity contribution is -0.134. The van der Waals surface area contributed by atoms with E-state index >= 15 is 0 Å². The molecule has 3 rings (SSSR count). The molecule has 128 valence electrons. The molecule has 0 saturated heterocycles. The molecule has 25 heavy (non-hydrogen) atoms. The second-order valence-electron chi connectivity index (χ2n) is 5.46. The van der Waals surface area contributed by atoms with E-state index in [2.05, 4.69) is 5.10 Å². The number of carbonyl (C=O) groups excluding carboxylic acids is 2. The molecule has 0 atom stereocenters. The summed E-state index contributed by atoms with van der Waals surface area (Å²) in [7, 11) is 1.47. The summed E-state index contributed by atoms with van der Waals surface area (Å²) in [6.45, 7) is 0.123. The molecule has 1 aliphatic rings. The van der Waals surface area contributed by atoms with Gasteiger partial charge in [0, 0.05) is 6.42 Å². The van der Waals surface area contributed by atoms with Crippen molar-refractivity contribution in [3.8, 4) is 5.75 Å². The van der Waals surface area contributed by atoms with Gasteiger partial charge in [-0.25, -0.2) is 9.80 Å². The van der Waals surface area contributed by atoms with Crippen molar-refractivity contribution in [3.63, 3.8) is 0 Å². The maximum atomic E-state index is 12.2. The number of amides is 1. The van der Waals surface area contributed by atoms with Gasteiger partial charge in [-0.2, -0.15) is 5.10 Å². The first-order valence-electron chi connectivity index (χ1n) is 7.92. The molecular formula is C19H18N2O4. The topological polar surface area (TPSA) is 68.2 Å². The van der Waals surface area contributed by atoms with Crippen LogP contribution < -0.4 is 4.74 Å². The molecule has 0 radical (unpaired) electrons. The Morgan fingerprint density at radius 3 is 2.56 bits per heavy atom. The van der Waals surface area contributed by atoms with E-state index in [1.807, 2.05) is 30.3 Å². The summed E-state index contributed by atoms with van der Waals surface area (Å²) in [5.74, 6) is -0.544. The van der Waals surface area contributed by atoms with E-state index in [0.29, 0.717) is 18.7 Å². The van der Waals surface area contributed by atoms with Gasteiger partial charge in [0.25, 0.3) is 5.91 Å². The van der Waals surface area contributed by atoms with E-state index in [9.17, 15) is 9.59 Å². The van der Waals surface area contributed by atoms with Crippen LogP contribution in [-0.2, 0) is 9.53 Å². The Morgan fingerprint density at radius 1 is 1.08 bits per heavy atom. The third-order valence-electron chi connectivity index (χ3n) is 3.85. The Bertz CT molecular complexity index is 802. The number of hydrogen-bond donors (Lipinski definition) is 0. The molecule has 2 aromatic carbocycles. The van der Waals surface area contributed by atoms with E-state index in [1.165, 1.54) is 12.1 Å². The Balaban J connectivity index is 1.60. The van der Waals surface area contributed by atoms with Gasteiger partial charge in [0.05, 0.1) is 19.4 Å². The standard InChI is InChI=1S/C19H18N2O4/c1-24-17-10-6-5-9-15(17)19(23)25-13-18(22)21-12-11-16(20-21)14-7-3-2-4-8-14/h2-10H,11-13H2,1H3. The van der Waals surface area contributed by atoms with E-state index in [-0.39, 0.29) is 18.1 Å². The zero-order valence-corrected chi connectivity index (χ0v) is 13.8. The first-order chi connectivity index (χ1) is 12.2. The molecule has 0 spiro atoms.